The lowest BCUT2D eigenvalue weighted by molar-refractivity contribution is -0.115. The summed E-state index contributed by atoms with van der Waals surface area (Å²) in [6.07, 6.45) is 0. The summed E-state index contributed by atoms with van der Waals surface area (Å²) >= 11 is 0. The van der Waals surface area contributed by atoms with Gasteiger partial charge in [-0.1, -0.05) is 0 Å². The molecule has 1 saturated heterocycles. The number of rotatable bonds is 0. The molecule has 0 bridgehead atoms. The molecule has 70 valence electrons. The van der Waals surface area contributed by atoms with Gasteiger partial charge in [-0.2, -0.15) is 4.36 Å². The van der Waals surface area contributed by atoms with Crippen molar-refractivity contribution in [3.8, 4) is 0 Å². The Balaban J connectivity index is 2.75. The number of amides is 1. The fraction of sp³-hybridized carbons (Fsp3) is 0.857. The molecule has 1 heterocycles. The van der Waals surface area contributed by atoms with E-state index >= 15 is 0 Å². The molecule has 1 amide bonds. The Morgan fingerprint density at radius 1 is 1.42 bits per heavy atom. The van der Waals surface area contributed by atoms with E-state index in [1.807, 2.05) is 7.05 Å². The molecule has 0 radical (unpaired) electrons. The van der Waals surface area contributed by atoms with Crippen LogP contribution in [0.1, 0.15) is 6.92 Å². The van der Waals surface area contributed by atoms with Crippen LogP contribution in [0.2, 0.25) is 0 Å². The average Bonchev–Trinajstić information content (AvgIpc) is 1.94. The molecule has 0 saturated carbocycles. The first kappa shape index (κ1) is 9.67. The maximum Gasteiger partial charge on any atom is 0.250 e. The second kappa shape index (κ2) is 3.53. The molecule has 1 aliphatic rings. The molecule has 0 aromatic rings. The SMILES string of the molecule is CC(=O)N=S1(=O)CCN(C)CC1. The highest BCUT2D eigenvalue weighted by molar-refractivity contribution is 7.94. The quantitative estimate of drug-likeness (QED) is 0.538. The van der Waals surface area contributed by atoms with Gasteiger partial charge in [0.25, 0.3) is 5.91 Å². The van der Waals surface area contributed by atoms with Crippen LogP contribution < -0.4 is 0 Å². The smallest absolute Gasteiger partial charge is 0.250 e. The molecule has 0 unspecified atom stereocenters. The first-order valence-electron chi connectivity index (χ1n) is 3.93. The second-order valence-corrected chi connectivity index (χ2v) is 5.64. The number of carbonyl (C=O) groups excluding carboxylic acids is 1. The minimum absolute atomic E-state index is 0.315. The molecule has 1 rings (SSSR count). The molecule has 0 aliphatic carbocycles. The third-order valence-corrected chi connectivity index (χ3v) is 4.11. The second-order valence-electron chi connectivity index (χ2n) is 3.09. The molecule has 0 spiro atoms. The highest BCUT2D eigenvalue weighted by Gasteiger charge is 2.18. The van der Waals surface area contributed by atoms with Gasteiger partial charge in [-0.15, -0.1) is 0 Å². The van der Waals surface area contributed by atoms with Gasteiger partial charge in [0.1, 0.15) is 0 Å². The van der Waals surface area contributed by atoms with E-state index < -0.39 is 9.73 Å². The van der Waals surface area contributed by atoms with Crippen LogP contribution >= 0.6 is 0 Å². The molecule has 1 fully saturated rings. The highest BCUT2D eigenvalue weighted by Crippen LogP contribution is 2.05. The Morgan fingerprint density at radius 2 is 1.92 bits per heavy atom. The van der Waals surface area contributed by atoms with Crippen molar-refractivity contribution in [1.29, 1.82) is 0 Å². The van der Waals surface area contributed by atoms with Crippen LogP contribution in [0.25, 0.3) is 0 Å². The van der Waals surface area contributed by atoms with Crippen LogP contribution in [0.15, 0.2) is 4.36 Å². The minimum Gasteiger partial charge on any atom is -0.304 e. The van der Waals surface area contributed by atoms with Gasteiger partial charge in [0.15, 0.2) is 0 Å². The maximum atomic E-state index is 11.7. The van der Waals surface area contributed by atoms with Crippen LogP contribution in [-0.2, 0) is 14.5 Å². The molecule has 0 aromatic carbocycles. The molecule has 4 nitrogen and oxygen atoms in total. The van der Waals surface area contributed by atoms with E-state index in [9.17, 15) is 9.00 Å². The highest BCUT2D eigenvalue weighted by atomic mass is 32.2. The Labute approximate surface area is 73.1 Å². The zero-order valence-electron chi connectivity index (χ0n) is 7.45. The van der Waals surface area contributed by atoms with E-state index in [1.165, 1.54) is 6.92 Å². The molecule has 12 heavy (non-hydrogen) atoms. The van der Waals surface area contributed by atoms with Gasteiger partial charge >= 0.3 is 0 Å². The van der Waals surface area contributed by atoms with E-state index in [-0.39, 0.29) is 5.91 Å². The number of carbonyl (C=O) groups is 1. The first-order valence-corrected chi connectivity index (χ1v) is 5.79. The van der Waals surface area contributed by atoms with E-state index in [4.69, 9.17) is 0 Å². The summed E-state index contributed by atoms with van der Waals surface area (Å²) in [4.78, 5) is 12.7. The summed E-state index contributed by atoms with van der Waals surface area (Å²) in [7, 11) is -0.210. The van der Waals surface area contributed by atoms with Crippen LogP contribution in [0.3, 0.4) is 0 Å². The predicted octanol–water partition coefficient (Wildman–Crippen LogP) is -0.0537. The maximum absolute atomic E-state index is 11.7. The zero-order valence-corrected chi connectivity index (χ0v) is 8.26. The summed E-state index contributed by atoms with van der Waals surface area (Å²) < 4.78 is 15.4. The Hall–Kier alpha value is -0.420. The summed E-state index contributed by atoms with van der Waals surface area (Å²) in [5.74, 6) is 0.746. The van der Waals surface area contributed by atoms with E-state index in [2.05, 4.69) is 9.26 Å². The van der Waals surface area contributed by atoms with Crippen molar-refractivity contribution < 1.29 is 9.00 Å². The van der Waals surface area contributed by atoms with Crippen molar-refractivity contribution in [3.05, 3.63) is 0 Å². The van der Waals surface area contributed by atoms with Crippen molar-refractivity contribution in [2.75, 3.05) is 31.6 Å². The van der Waals surface area contributed by atoms with Gasteiger partial charge in [0.05, 0.1) is 9.73 Å². The number of hydrogen-bond acceptors (Lipinski definition) is 3. The number of hydrogen-bond donors (Lipinski definition) is 0. The van der Waals surface area contributed by atoms with Crippen LogP contribution in [-0.4, -0.2) is 46.7 Å². The molecule has 5 heteroatoms. The fourth-order valence-electron chi connectivity index (χ4n) is 1.14. The fourth-order valence-corrected chi connectivity index (χ4v) is 3.19. The van der Waals surface area contributed by atoms with Crippen LogP contribution in [0.5, 0.6) is 0 Å². The Morgan fingerprint density at radius 3 is 2.33 bits per heavy atom. The van der Waals surface area contributed by atoms with Gasteiger partial charge in [-0.25, -0.2) is 4.21 Å². The summed E-state index contributed by atoms with van der Waals surface area (Å²) in [5.41, 5.74) is 0. The minimum atomic E-state index is -2.19. The topological polar surface area (TPSA) is 49.7 Å². The third kappa shape index (κ3) is 2.57. The molecule has 0 aromatic heterocycles. The average molecular weight is 190 g/mol. The lowest BCUT2D eigenvalue weighted by atomic mass is 10.6. The Bertz CT molecular complexity index is 278. The van der Waals surface area contributed by atoms with Crippen LogP contribution in [0.4, 0.5) is 0 Å². The van der Waals surface area contributed by atoms with Gasteiger partial charge in [0.2, 0.25) is 0 Å². The summed E-state index contributed by atoms with van der Waals surface area (Å²) in [6, 6.07) is 0. The lowest BCUT2D eigenvalue weighted by Gasteiger charge is -2.24. The predicted molar refractivity (Wildman–Crippen MR) is 48.5 cm³/mol. The largest absolute Gasteiger partial charge is 0.304 e. The van der Waals surface area contributed by atoms with Gasteiger partial charge in [-0.3, -0.25) is 4.79 Å². The van der Waals surface area contributed by atoms with Crippen molar-refractivity contribution in [2.45, 2.75) is 6.92 Å². The molecular weight excluding hydrogens is 176 g/mol. The van der Waals surface area contributed by atoms with Crippen molar-refractivity contribution in [2.24, 2.45) is 4.36 Å². The first-order chi connectivity index (χ1) is 5.52. The molecule has 1 aliphatic heterocycles. The zero-order chi connectivity index (χ0) is 9.19. The standard InChI is InChI=1S/C7H14N2O2S/c1-7(10)8-12(11)5-3-9(2)4-6-12/h3-6H2,1-2H3. The van der Waals surface area contributed by atoms with Crippen LogP contribution in [0, 0.1) is 0 Å². The Kier molecular flexibility index (Phi) is 2.85. The summed E-state index contributed by atoms with van der Waals surface area (Å²) in [5, 5.41) is 0. The van der Waals surface area contributed by atoms with Gasteiger partial charge in [-0.05, 0) is 7.05 Å². The van der Waals surface area contributed by atoms with E-state index in [0.717, 1.165) is 13.1 Å². The van der Waals surface area contributed by atoms with E-state index in [0.29, 0.717) is 11.5 Å². The monoisotopic (exact) mass is 190 g/mol. The summed E-state index contributed by atoms with van der Waals surface area (Å²) in [6.45, 7) is 2.90. The molecular formula is C7H14N2O2S. The van der Waals surface area contributed by atoms with Crippen molar-refractivity contribution >= 4 is 15.6 Å². The van der Waals surface area contributed by atoms with Crippen molar-refractivity contribution in [3.63, 3.8) is 0 Å². The van der Waals surface area contributed by atoms with Gasteiger partial charge < -0.3 is 4.90 Å². The van der Waals surface area contributed by atoms with E-state index in [1.54, 1.807) is 0 Å². The normalized spacial score (nSPS) is 23.5. The van der Waals surface area contributed by atoms with Gasteiger partial charge in [0, 0.05) is 31.5 Å². The van der Waals surface area contributed by atoms with Crippen molar-refractivity contribution in [1.82, 2.24) is 4.90 Å². The lowest BCUT2D eigenvalue weighted by Crippen LogP contribution is -2.37. The molecule has 0 atom stereocenters. The third-order valence-electron chi connectivity index (χ3n) is 1.88. The number of nitrogens with zero attached hydrogens (tertiary/aromatic N) is 2. The molecule has 0 N–H and O–H groups in total.